The molecule has 0 spiro atoms. The van der Waals surface area contributed by atoms with Crippen LogP contribution in [0.1, 0.15) is 6.42 Å². The summed E-state index contributed by atoms with van der Waals surface area (Å²) in [5, 5.41) is 40.5. The number of carbonyl (C=O) groups is 1. The number of nitrogens with one attached hydrogen (secondary N) is 1. The highest BCUT2D eigenvalue weighted by atomic mass is 16.6. The van der Waals surface area contributed by atoms with E-state index >= 15 is 0 Å². The molecule has 0 aliphatic carbocycles. The zero-order valence-electron chi connectivity index (χ0n) is 13.7. The first-order chi connectivity index (χ1) is 11.5. The Balaban J connectivity index is 0.00000254. The minimum absolute atomic E-state index is 0.343. The number of ether oxygens (including phenoxy) is 1. The van der Waals surface area contributed by atoms with E-state index in [9.17, 15) is 20.1 Å². The lowest BCUT2D eigenvalue weighted by Crippen LogP contribution is -2.64. The largest absolute Gasteiger partial charge is 0.403 e. The van der Waals surface area contributed by atoms with Crippen LogP contribution >= 0.6 is 0 Å². The van der Waals surface area contributed by atoms with E-state index in [0.717, 1.165) is 12.1 Å². The molecule has 1 aliphatic heterocycles. The molecular formula is C13H29N5O6. The monoisotopic (exact) mass is 351 g/mol. The molecule has 0 aromatic carbocycles. The average Bonchev–Trinajstić information content (AvgIpc) is 2.61. The van der Waals surface area contributed by atoms with Gasteiger partial charge in [0.15, 0.2) is 12.5 Å². The van der Waals surface area contributed by atoms with E-state index in [2.05, 4.69) is 5.32 Å². The maximum Gasteiger partial charge on any atom is 0.173 e. The molecule has 142 valence electrons. The van der Waals surface area contributed by atoms with Gasteiger partial charge in [-0.2, -0.15) is 0 Å². The van der Waals surface area contributed by atoms with E-state index in [1.54, 1.807) is 0 Å². The number of nitrogens with zero attached hydrogens (tertiary/aromatic N) is 1. The molecule has 0 aromatic rings. The summed E-state index contributed by atoms with van der Waals surface area (Å²) in [7, 11) is 1.00. The fourth-order valence-corrected chi connectivity index (χ4v) is 2.14. The smallest absolute Gasteiger partial charge is 0.173 e. The summed E-state index contributed by atoms with van der Waals surface area (Å²) in [5.41, 5.74) is 11.3. The van der Waals surface area contributed by atoms with Crippen molar-refractivity contribution in [2.75, 3.05) is 26.7 Å². The maximum atomic E-state index is 10.9. The number of aliphatic hydroxyl groups excluding tert-OH is 4. The lowest BCUT2D eigenvalue weighted by Gasteiger charge is -2.43. The van der Waals surface area contributed by atoms with Crippen LogP contribution in [0.15, 0.2) is 11.9 Å². The zero-order chi connectivity index (χ0) is 18.7. The van der Waals surface area contributed by atoms with Crippen molar-refractivity contribution in [3.05, 3.63) is 11.9 Å². The van der Waals surface area contributed by atoms with Crippen LogP contribution in [0.3, 0.4) is 0 Å². The normalized spacial score (nSPS) is 30.3. The first-order valence-electron chi connectivity index (χ1n) is 7.43. The Morgan fingerprint density at radius 2 is 1.83 bits per heavy atom. The van der Waals surface area contributed by atoms with Gasteiger partial charge in [-0.25, -0.2) is 5.84 Å². The predicted molar refractivity (Wildman–Crippen MR) is 85.7 cm³/mol. The molecule has 1 fully saturated rings. The lowest BCUT2D eigenvalue weighted by atomic mass is 9.98. The standard InChI is InChI=1S/C12H25N5O5.CH4O/c13-2-4-16-3-1-7(5-14)17(15)12-11(21)10(20)9(19)8(6-18)22-12;1-2/h5-6,8-12,16,19-21H,1-4,13-15H2;2H,1H3/b7-5-;. The molecule has 11 N–H and O–H groups in total. The van der Waals surface area contributed by atoms with Crippen LogP contribution < -0.4 is 22.6 Å². The second-order valence-corrected chi connectivity index (χ2v) is 4.95. The molecule has 0 radical (unpaired) electrons. The summed E-state index contributed by atoms with van der Waals surface area (Å²) in [6.07, 6.45) is -5.07. The summed E-state index contributed by atoms with van der Waals surface area (Å²) in [5.74, 6) is 5.87. The van der Waals surface area contributed by atoms with Crippen molar-refractivity contribution < 1.29 is 30.0 Å². The van der Waals surface area contributed by atoms with Gasteiger partial charge in [0.25, 0.3) is 0 Å². The van der Waals surface area contributed by atoms with Crippen LogP contribution in [0.2, 0.25) is 0 Å². The van der Waals surface area contributed by atoms with E-state index in [4.69, 9.17) is 27.2 Å². The first-order valence-corrected chi connectivity index (χ1v) is 7.43. The van der Waals surface area contributed by atoms with Gasteiger partial charge in [0.05, 0.1) is 0 Å². The van der Waals surface area contributed by atoms with Crippen LogP contribution in [-0.4, -0.2) is 89.1 Å². The molecule has 0 aromatic heterocycles. The molecule has 1 saturated heterocycles. The lowest BCUT2D eigenvalue weighted by molar-refractivity contribution is -0.246. The Labute approximate surface area is 140 Å². The Hall–Kier alpha value is -1.31. The number of nitrogens with two attached hydrogens (primary N) is 3. The summed E-state index contributed by atoms with van der Waals surface area (Å²) < 4.78 is 5.24. The number of hydrogen-bond donors (Lipinski definition) is 8. The molecule has 0 saturated carbocycles. The van der Waals surface area contributed by atoms with Crippen LogP contribution in [0, 0.1) is 0 Å². The molecule has 5 unspecified atom stereocenters. The van der Waals surface area contributed by atoms with Crippen molar-refractivity contribution in [3.63, 3.8) is 0 Å². The molecule has 1 aliphatic rings. The van der Waals surface area contributed by atoms with E-state index in [1.807, 2.05) is 0 Å². The van der Waals surface area contributed by atoms with Crippen molar-refractivity contribution in [2.24, 2.45) is 17.3 Å². The minimum Gasteiger partial charge on any atom is -0.403 e. The van der Waals surface area contributed by atoms with Gasteiger partial charge < -0.3 is 46.7 Å². The summed E-state index contributed by atoms with van der Waals surface area (Å²) in [4.78, 5) is 10.9. The third kappa shape index (κ3) is 5.96. The molecule has 11 heteroatoms. The number of rotatable bonds is 8. The first kappa shape index (κ1) is 22.7. The number of aldehydes is 1. The summed E-state index contributed by atoms with van der Waals surface area (Å²) in [6, 6.07) is 0. The highest BCUT2D eigenvalue weighted by Gasteiger charge is 2.45. The molecule has 5 atom stereocenters. The van der Waals surface area contributed by atoms with Crippen molar-refractivity contribution in [1.29, 1.82) is 0 Å². The Bertz CT molecular complexity index is 386. The van der Waals surface area contributed by atoms with E-state index in [-0.39, 0.29) is 0 Å². The van der Waals surface area contributed by atoms with Gasteiger partial charge in [0.2, 0.25) is 0 Å². The fourth-order valence-electron chi connectivity index (χ4n) is 2.14. The average molecular weight is 351 g/mol. The highest BCUT2D eigenvalue weighted by Crippen LogP contribution is 2.23. The van der Waals surface area contributed by atoms with Gasteiger partial charge in [0.1, 0.15) is 24.4 Å². The molecule has 1 heterocycles. The number of carbonyl (C=O) groups excluding carboxylic acids is 1. The predicted octanol–water partition coefficient (Wildman–Crippen LogP) is -4.48. The maximum absolute atomic E-state index is 10.9. The van der Waals surface area contributed by atoms with Crippen molar-refractivity contribution in [1.82, 2.24) is 10.3 Å². The van der Waals surface area contributed by atoms with E-state index < -0.39 is 30.6 Å². The van der Waals surface area contributed by atoms with Crippen molar-refractivity contribution >= 4 is 6.29 Å². The second kappa shape index (κ2) is 12.1. The van der Waals surface area contributed by atoms with Crippen LogP contribution in [-0.2, 0) is 9.53 Å². The van der Waals surface area contributed by atoms with E-state index in [0.29, 0.717) is 38.0 Å². The third-order valence-corrected chi connectivity index (χ3v) is 3.44. The zero-order valence-corrected chi connectivity index (χ0v) is 13.7. The minimum atomic E-state index is -1.56. The van der Waals surface area contributed by atoms with E-state index in [1.165, 1.54) is 6.20 Å². The van der Waals surface area contributed by atoms with Gasteiger partial charge in [0, 0.05) is 45.1 Å². The summed E-state index contributed by atoms with van der Waals surface area (Å²) >= 11 is 0. The number of hydrogen-bond acceptors (Lipinski definition) is 11. The highest BCUT2D eigenvalue weighted by molar-refractivity contribution is 5.57. The van der Waals surface area contributed by atoms with Gasteiger partial charge in [-0.15, -0.1) is 0 Å². The fraction of sp³-hybridized carbons (Fsp3) is 0.769. The van der Waals surface area contributed by atoms with Gasteiger partial charge >= 0.3 is 0 Å². The third-order valence-electron chi connectivity index (χ3n) is 3.44. The number of hydrazine groups is 1. The molecule has 0 bridgehead atoms. The van der Waals surface area contributed by atoms with Crippen LogP contribution in [0.25, 0.3) is 0 Å². The SMILES string of the molecule is CO.N/C=C(/CCNCCN)N(N)C1OC(C=O)C(O)C(O)C1O. The van der Waals surface area contributed by atoms with Crippen molar-refractivity contribution in [2.45, 2.75) is 37.1 Å². The molecule has 11 nitrogen and oxygen atoms in total. The second-order valence-electron chi connectivity index (χ2n) is 4.95. The molecule has 0 amide bonds. The number of aliphatic hydroxyl groups is 4. The van der Waals surface area contributed by atoms with Gasteiger partial charge in [-0.05, 0) is 0 Å². The summed E-state index contributed by atoms with van der Waals surface area (Å²) in [6.45, 7) is 1.66. The van der Waals surface area contributed by atoms with Crippen molar-refractivity contribution in [3.8, 4) is 0 Å². The van der Waals surface area contributed by atoms with Gasteiger partial charge in [-0.1, -0.05) is 0 Å². The van der Waals surface area contributed by atoms with Crippen LogP contribution in [0.4, 0.5) is 0 Å². The Morgan fingerprint density at radius 1 is 1.21 bits per heavy atom. The van der Waals surface area contributed by atoms with Gasteiger partial charge in [-0.3, -0.25) is 5.01 Å². The molecule has 1 rings (SSSR count). The molecule has 24 heavy (non-hydrogen) atoms. The quantitative estimate of drug-likeness (QED) is 0.0906. The Morgan fingerprint density at radius 3 is 2.33 bits per heavy atom. The van der Waals surface area contributed by atoms with Crippen LogP contribution in [0.5, 0.6) is 0 Å². The molecular weight excluding hydrogens is 322 g/mol. The topological polar surface area (TPSA) is 201 Å². The Kier molecular flexibility index (Phi) is 11.4.